The largest absolute Gasteiger partial charge is 0.442 e. The highest BCUT2D eigenvalue weighted by molar-refractivity contribution is 6.33. The second kappa shape index (κ2) is 9.29. The number of pyridine rings is 1. The fraction of sp³-hybridized carbons (Fsp3) is 0.421. The van der Waals surface area contributed by atoms with Crippen LogP contribution in [0.15, 0.2) is 18.3 Å². The Balaban J connectivity index is 1.40. The lowest BCUT2D eigenvalue weighted by Gasteiger charge is -2.35. The van der Waals surface area contributed by atoms with Crippen molar-refractivity contribution < 1.29 is 18.7 Å². The second-order valence-corrected chi connectivity index (χ2v) is 8.11. The lowest BCUT2D eigenvalue weighted by molar-refractivity contribution is -0.119. The lowest BCUT2D eigenvalue weighted by Crippen LogP contribution is -2.47. The molecule has 2 aliphatic rings. The summed E-state index contributed by atoms with van der Waals surface area (Å²) >= 11 is 11.9. The Hall–Kier alpha value is -2.92. The molecule has 0 unspecified atom stereocenters. The summed E-state index contributed by atoms with van der Waals surface area (Å²) in [6, 6.07) is 2.72. The van der Waals surface area contributed by atoms with Gasteiger partial charge in [0, 0.05) is 45.2 Å². The molecule has 1 atom stereocenters. The molecule has 1 N–H and O–H groups in total. The molecule has 0 radical (unpaired) electrons. The Morgan fingerprint density at radius 3 is 2.47 bits per heavy atom. The minimum atomic E-state index is -0.608. The standard InChI is InChI=1S/C19H20Cl2FN7O3/c1-11(30)23-9-13-10-29(19(31)32-13)12-6-14(22)17(24-8-12)27-2-4-28(5-3-27)18-25-15(20)7-16(21)26-18/h6-8,13H,2-5,9-10H2,1H3,(H,23,30)/t13-/m0/s1. The number of cyclic esters (lactones) is 1. The SMILES string of the molecule is CC(=O)NC[C@H]1CN(c2cnc(N3CCN(c4nc(Cl)cc(Cl)n4)CC3)c(F)c2)C(=O)O1. The molecule has 10 nitrogen and oxygen atoms in total. The Morgan fingerprint density at radius 2 is 1.84 bits per heavy atom. The van der Waals surface area contributed by atoms with Gasteiger partial charge in [-0.1, -0.05) is 23.2 Å². The normalized spacial score (nSPS) is 18.7. The van der Waals surface area contributed by atoms with Crippen molar-refractivity contribution in [2.45, 2.75) is 13.0 Å². The van der Waals surface area contributed by atoms with Gasteiger partial charge in [0.2, 0.25) is 11.9 Å². The summed E-state index contributed by atoms with van der Waals surface area (Å²) in [5, 5.41) is 3.11. The molecule has 4 rings (SSSR count). The minimum absolute atomic E-state index is 0.192. The van der Waals surface area contributed by atoms with Crippen LogP contribution in [-0.2, 0) is 9.53 Å². The van der Waals surface area contributed by atoms with E-state index in [1.54, 1.807) is 0 Å². The zero-order chi connectivity index (χ0) is 22.8. The maximum absolute atomic E-state index is 14.9. The number of piperazine rings is 1. The fourth-order valence-electron chi connectivity index (χ4n) is 3.54. The van der Waals surface area contributed by atoms with Crippen molar-refractivity contribution in [1.29, 1.82) is 0 Å². The third kappa shape index (κ3) is 4.94. The molecule has 2 aromatic heterocycles. The number of rotatable bonds is 5. The molecule has 2 aliphatic heterocycles. The summed E-state index contributed by atoms with van der Waals surface area (Å²) in [5.41, 5.74) is 0.294. The van der Waals surface area contributed by atoms with E-state index in [1.165, 1.54) is 30.2 Å². The molecular weight excluding hydrogens is 464 g/mol. The predicted octanol–water partition coefficient (Wildman–Crippen LogP) is 2.11. The van der Waals surface area contributed by atoms with Crippen LogP contribution in [-0.4, -0.2) is 72.3 Å². The van der Waals surface area contributed by atoms with Crippen LogP contribution in [0.2, 0.25) is 10.3 Å². The molecule has 13 heteroatoms. The van der Waals surface area contributed by atoms with Crippen molar-refractivity contribution in [1.82, 2.24) is 20.3 Å². The quantitative estimate of drug-likeness (QED) is 0.644. The first kappa shape index (κ1) is 22.3. The van der Waals surface area contributed by atoms with E-state index in [2.05, 4.69) is 20.3 Å². The number of hydrogen-bond acceptors (Lipinski definition) is 8. The second-order valence-electron chi connectivity index (χ2n) is 7.34. The third-order valence-corrected chi connectivity index (χ3v) is 5.47. The highest BCUT2D eigenvalue weighted by atomic mass is 35.5. The van der Waals surface area contributed by atoms with Gasteiger partial charge in [-0.25, -0.2) is 24.1 Å². The monoisotopic (exact) mass is 483 g/mol. The van der Waals surface area contributed by atoms with Crippen LogP contribution in [0.5, 0.6) is 0 Å². The Bertz CT molecular complexity index is 1020. The summed E-state index contributed by atoms with van der Waals surface area (Å²) in [6.07, 6.45) is 0.319. The fourth-order valence-corrected chi connectivity index (χ4v) is 3.95. The molecule has 0 aliphatic carbocycles. The molecule has 0 bridgehead atoms. The van der Waals surface area contributed by atoms with Gasteiger partial charge in [-0.3, -0.25) is 9.69 Å². The van der Waals surface area contributed by atoms with Crippen molar-refractivity contribution in [3.8, 4) is 0 Å². The summed E-state index contributed by atoms with van der Waals surface area (Å²) < 4.78 is 20.1. The van der Waals surface area contributed by atoms with Crippen LogP contribution < -0.4 is 20.0 Å². The van der Waals surface area contributed by atoms with Gasteiger partial charge in [-0.05, 0) is 0 Å². The van der Waals surface area contributed by atoms with Gasteiger partial charge in [-0.15, -0.1) is 0 Å². The number of nitrogens with zero attached hydrogens (tertiary/aromatic N) is 6. The lowest BCUT2D eigenvalue weighted by atomic mass is 10.2. The number of aromatic nitrogens is 3. The van der Waals surface area contributed by atoms with Crippen LogP contribution in [0, 0.1) is 5.82 Å². The van der Waals surface area contributed by atoms with E-state index in [1.807, 2.05) is 9.80 Å². The third-order valence-electron chi connectivity index (χ3n) is 5.09. The maximum atomic E-state index is 14.9. The first-order valence-corrected chi connectivity index (χ1v) is 10.6. The maximum Gasteiger partial charge on any atom is 0.414 e. The number of nitrogens with one attached hydrogen (secondary N) is 1. The first-order chi connectivity index (χ1) is 15.3. The van der Waals surface area contributed by atoms with Gasteiger partial charge >= 0.3 is 6.09 Å². The number of anilines is 3. The molecule has 0 aromatic carbocycles. The predicted molar refractivity (Wildman–Crippen MR) is 117 cm³/mol. The molecule has 4 heterocycles. The van der Waals surface area contributed by atoms with E-state index >= 15 is 0 Å². The summed E-state index contributed by atoms with van der Waals surface area (Å²) in [6.45, 7) is 3.80. The van der Waals surface area contributed by atoms with Gasteiger partial charge in [-0.2, -0.15) is 0 Å². The molecule has 0 saturated carbocycles. The topological polar surface area (TPSA) is 104 Å². The van der Waals surface area contributed by atoms with Crippen LogP contribution in [0.4, 0.5) is 26.6 Å². The van der Waals surface area contributed by atoms with Crippen molar-refractivity contribution in [3.05, 3.63) is 34.5 Å². The van der Waals surface area contributed by atoms with Gasteiger partial charge in [0.25, 0.3) is 0 Å². The number of halogens is 3. The molecule has 2 aromatic rings. The molecule has 170 valence electrons. The number of carbonyl (C=O) groups is 2. The molecule has 2 fully saturated rings. The molecule has 0 spiro atoms. The zero-order valence-electron chi connectivity index (χ0n) is 17.1. The van der Waals surface area contributed by atoms with Gasteiger partial charge in [0.15, 0.2) is 11.6 Å². The van der Waals surface area contributed by atoms with Crippen LogP contribution in [0.3, 0.4) is 0 Å². The summed E-state index contributed by atoms with van der Waals surface area (Å²) in [4.78, 5) is 40.8. The molecule has 2 saturated heterocycles. The van der Waals surface area contributed by atoms with Gasteiger partial charge in [0.05, 0.1) is 25.0 Å². The van der Waals surface area contributed by atoms with E-state index < -0.39 is 18.0 Å². The summed E-state index contributed by atoms with van der Waals surface area (Å²) in [7, 11) is 0. The van der Waals surface area contributed by atoms with Crippen LogP contribution >= 0.6 is 23.2 Å². The van der Waals surface area contributed by atoms with Crippen molar-refractivity contribution in [2.75, 3.05) is 54.0 Å². The average Bonchev–Trinajstić information content (AvgIpc) is 3.12. The molecule has 32 heavy (non-hydrogen) atoms. The Labute approximate surface area is 193 Å². The van der Waals surface area contributed by atoms with Crippen molar-refractivity contribution in [2.24, 2.45) is 0 Å². The average molecular weight is 484 g/mol. The van der Waals surface area contributed by atoms with Crippen LogP contribution in [0.1, 0.15) is 6.92 Å². The van der Waals surface area contributed by atoms with E-state index in [9.17, 15) is 14.0 Å². The molecule has 2 amide bonds. The summed E-state index contributed by atoms with van der Waals surface area (Å²) in [5.74, 6) is -0.147. The number of amides is 2. The van der Waals surface area contributed by atoms with Gasteiger partial charge in [0.1, 0.15) is 16.4 Å². The van der Waals surface area contributed by atoms with Gasteiger partial charge < -0.3 is 19.9 Å². The van der Waals surface area contributed by atoms with Crippen molar-refractivity contribution >= 4 is 52.7 Å². The zero-order valence-corrected chi connectivity index (χ0v) is 18.6. The van der Waals surface area contributed by atoms with Crippen molar-refractivity contribution in [3.63, 3.8) is 0 Å². The highest BCUT2D eigenvalue weighted by Crippen LogP contribution is 2.27. The molecular formula is C19H20Cl2FN7O3. The van der Waals surface area contributed by atoms with E-state index in [-0.39, 0.29) is 35.1 Å². The smallest absolute Gasteiger partial charge is 0.414 e. The minimum Gasteiger partial charge on any atom is -0.442 e. The first-order valence-electron chi connectivity index (χ1n) is 9.88. The van der Waals surface area contributed by atoms with E-state index in [0.29, 0.717) is 37.8 Å². The Morgan fingerprint density at radius 1 is 1.19 bits per heavy atom. The van der Waals surface area contributed by atoms with E-state index in [4.69, 9.17) is 27.9 Å². The highest BCUT2D eigenvalue weighted by Gasteiger charge is 2.33. The number of hydrogen-bond donors (Lipinski definition) is 1. The number of carbonyl (C=O) groups excluding carboxylic acids is 2. The van der Waals surface area contributed by atoms with E-state index in [0.717, 1.165) is 0 Å². The van der Waals surface area contributed by atoms with Crippen LogP contribution in [0.25, 0.3) is 0 Å². The Kier molecular flexibility index (Phi) is 6.47. The number of ether oxygens (including phenoxy) is 1.